The maximum absolute atomic E-state index is 13.7. The maximum Gasteiger partial charge on any atom is 0.282 e. The summed E-state index contributed by atoms with van der Waals surface area (Å²) in [5.74, 6) is -0.235. The van der Waals surface area contributed by atoms with Gasteiger partial charge in [-0.1, -0.05) is 65.8 Å². The lowest BCUT2D eigenvalue weighted by Gasteiger charge is -2.14. The van der Waals surface area contributed by atoms with Crippen LogP contribution in [-0.2, 0) is 4.79 Å². The van der Waals surface area contributed by atoms with E-state index >= 15 is 0 Å². The predicted molar refractivity (Wildman–Crippen MR) is 179 cm³/mol. The van der Waals surface area contributed by atoms with Crippen molar-refractivity contribution in [3.8, 4) is 0 Å². The van der Waals surface area contributed by atoms with E-state index in [0.29, 0.717) is 33.0 Å². The van der Waals surface area contributed by atoms with Gasteiger partial charge in [0.1, 0.15) is 5.65 Å². The number of rotatable bonds is 5. The average Bonchev–Trinajstić information content (AvgIpc) is 3.57. The maximum atomic E-state index is 13.7. The molecule has 0 aliphatic carbocycles. The van der Waals surface area contributed by atoms with E-state index in [1.807, 2.05) is 67.6 Å². The molecule has 8 rings (SSSR count). The first-order valence-corrected chi connectivity index (χ1v) is 15.1. The molecule has 9 heteroatoms. The number of nitrogens with zero attached hydrogens (tertiary/aromatic N) is 4. The molecule has 5 aromatic carbocycles. The summed E-state index contributed by atoms with van der Waals surface area (Å²) < 4.78 is 1.72. The zero-order valence-corrected chi connectivity index (χ0v) is 24.9. The van der Waals surface area contributed by atoms with Gasteiger partial charge in [0.15, 0.2) is 0 Å². The molecule has 7 nitrogen and oxygen atoms in total. The minimum Gasteiger partial charge on any atom is -0.360 e. The number of para-hydroxylation sites is 3. The summed E-state index contributed by atoms with van der Waals surface area (Å²) in [6, 6.07) is 32.7. The van der Waals surface area contributed by atoms with E-state index in [-0.39, 0.29) is 11.5 Å². The molecule has 0 atom stereocenters. The summed E-state index contributed by atoms with van der Waals surface area (Å²) >= 11 is 7.74. The molecule has 44 heavy (non-hydrogen) atoms. The average molecular weight is 612 g/mol. The van der Waals surface area contributed by atoms with Crippen LogP contribution in [-0.4, -0.2) is 21.0 Å². The van der Waals surface area contributed by atoms with Gasteiger partial charge in [0.05, 0.1) is 33.7 Å². The summed E-state index contributed by atoms with van der Waals surface area (Å²) in [5.41, 5.74) is 4.70. The molecule has 1 aliphatic rings. The minimum atomic E-state index is -0.235. The molecular weight excluding hydrogens is 590 g/mol. The standard InChI is InChI=1S/C35H22ClN5O2S/c1-20-26(35(43)41(39-20)22-9-6-8-21(36)18-22)19-37-28-13-3-5-15-31(28)44-30-17-16-24-32-23(30)10-7-11-25(32)34(42)40-29-14-4-2-12-27(29)38-33(24)40/h2-19,37H,1H3/b26-19+. The third kappa shape index (κ3) is 4.14. The van der Waals surface area contributed by atoms with Crippen LogP contribution in [0.2, 0.25) is 5.02 Å². The Morgan fingerprint density at radius 3 is 2.50 bits per heavy atom. The molecule has 0 bridgehead atoms. The molecule has 0 saturated carbocycles. The van der Waals surface area contributed by atoms with E-state index in [2.05, 4.69) is 28.6 Å². The summed E-state index contributed by atoms with van der Waals surface area (Å²) in [4.78, 5) is 33.8. The van der Waals surface area contributed by atoms with E-state index in [9.17, 15) is 9.59 Å². The highest BCUT2D eigenvalue weighted by molar-refractivity contribution is 7.99. The number of halogens is 1. The van der Waals surface area contributed by atoms with Gasteiger partial charge < -0.3 is 5.32 Å². The first kappa shape index (κ1) is 26.4. The number of hydrazone groups is 1. The highest BCUT2D eigenvalue weighted by atomic mass is 35.5. The first-order chi connectivity index (χ1) is 21.5. The summed E-state index contributed by atoms with van der Waals surface area (Å²) in [6.45, 7) is 1.81. The second-order valence-corrected chi connectivity index (χ2v) is 12.0. The SMILES string of the molecule is CC1=NN(c2cccc(Cl)c2)C(=O)/C1=C/Nc1ccccc1Sc1ccc2c3c1cccc3c(=O)n1c3ccccc3nc21. The monoisotopic (exact) mass is 611 g/mol. The molecule has 1 amide bonds. The minimum absolute atomic E-state index is 0.0762. The molecule has 0 radical (unpaired) electrons. The van der Waals surface area contributed by atoms with Gasteiger partial charge in [-0.2, -0.15) is 10.1 Å². The van der Waals surface area contributed by atoms with Gasteiger partial charge in [0, 0.05) is 37.2 Å². The van der Waals surface area contributed by atoms with Crippen LogP contribution in [0, 0.1) is 0 Å². The third-order valence-corrected chi connectivity index (χ3v) is 9.22. The lowest BCUT2D eigenvalue weighted by atomic mass is 10.0. The van der Waals surface area contributed by atoms with Crippen LogP contribution in [0.3, 0.4) is 0 Å². The Morgan fingerprint density at radius 1 is 0.818 bits per heavy atom. The second-order valence-electron chi connectivity index (χ2n) is 10.5. The number of imidazole rings is 1. The number of hydrogen-bond donors (Lipinski definition) is 1. The lowest BCUT2D eigenvalue weighted by molar-refractivity contribution is -0.114. The van der Waals surface area contributed by atoms with E-state index < -0.39 is 0 Å². The smallest absolute Gasteiger partial charge is 0.282 e. The number of amides is 1. The Hall–Kier alpha value is -5.18. The van der Waals surface area contributed by atoms with Crippen LogP contribution in [0.25, 0.3) is 38.2 Å². The Balaban J connectivity index is 1.16. The number of carbonyl (C=O) groups is 1. The van der Waals surface area contributed by atoms with Gasteiger partial charge in [-0.25, -0.2) is 4.98 Å². The Labute approximate surface area is 260 Å². The highest BCUT2D eigenvalue weighted by Gasteiger charge is 2.29. The number of anilines is 2. The van der Waals surface area contributed by atoms with Gasteiger partial charge in [0.25, 0.3) is 11.5 Å². The molecule has 0 unspecified atom stereocenters. The predicted octanol–water partition coefficient (Wildman–Crippen LogP) is 8.12. The van der Waals surface area contributed by atoms with E-state index in [1.54, 1.807) is 46.6 Å². The van der Waals surface area contributed by atoms with Crippen LogP contribution in [0.15, 0.2) is 135 Å². The molecule has 1 N–H and O–H groups in total. The number of hydrogen-bond acceptors (Lipinski definition) is 6. The van der Waals surface area contributed by atoms with Crippen molar-refractivity contribution in [1.82, 2.24) is 9.38 Å². The molecule has 7 aromatic rings. The highest BCUT2D eigenvalue weighted by Crippen LogP contribution is 2.41. The van der Waals surface area contributed by atoms with Crippen molar-refractivity contribution in [3.05, 3.63) is 130 Å². The Morgan fingerprint density at radius 2 is 1.61 bits per heavy atom. The zero-order valence-electron chi connectivity index (χ0n) is 23.3. The van der Waals surface area contributed by atoms with Crippen molar-refractivity contribution in [1.29, 1.82) is 0 Å². The molecule has 1 aliphatic heterocycles. The van der Waals surface area contributed by atoms with Gasteiger partial charge in [0.2, 0.25) is 0 Å². The van der Waals surface area contributed by atoms with Crippen molar-refractivity contribution in [2.75, 3.05) is 10.3 Å². The quantitative estimate of drug-likeness (QED) is 0.199. The fraction of sp³-hybridized carbons (Fsp3) is 0.0286. The number of aromatic nitrogens is 2. The molecule has 0 fully saturated rings. The van der Waals surface area contributed by atoms with Crippen molar-refractivity contribution >= 4 is 84.6 Å². The topological polar surface area (TPSA) is 79.1 Å². The number of carbonyl (C=O) groups excluding carboxylic acids is 1. The van der Waals surface area contributed by atoms with Gasteiger partial charge in [-0.15, -0.1) is 0 Å². The molecule has 2 aromatic heterocycles. The van der Waals surface area contributed by atoms with Gasteiger partial charge in [-0.3, -0.25) is 14.0 Å². The summed E-state index contributed by atoms with van der Waals surface area (Å²) in [7, 11) is 0. The first-order valence-electron chi connectivity index (χ1n) is 14.0. The van der Waals surface area contributed by atoms with Crippen molar-refractivity contribution < 1.29 is 4.79 Å². The van der Waals surface area contributed by atoms with Gasteiger partial charge >= 0.3 is 0 Å². The lowest BCUT2D eigenvalue weighted by Crippen LogP contribution is -2.21. The number of nitrogens with one attached hydrogen (secondary N) is 1. The Kier molecular flexibility index (Phi) is 6.14. The van der Waals surface area contributed by atoms with Crippen molar-refractivity contribution in [3.63, 3.8) is 0 Å². The van der Waals surface area contributed by atoms with Crippen LogP contribution in [0.1, 0.15) is 6.92 Å². The van der Waals surface area contributed by atoms with E-state index in [1.165, 1.54) is 5.01 Å². The van der Waals surface area contributed by atoms with E-state index in [4.69, 9.17) is 16.6 Å². The Bertz CT molecular complexity index is 2430. The number of benzene rings is 5. The second kappa shape index (κ2) is 10.2. The summed E-state index contributed by atoms with van der Waals surface area (Å²) in [6.07, 6.45) is 1.70. The number of pyridine rings is 1. The van der Waals surface area contributed by atoms with Gasteiger partial charge in [-0.05, 0) is 73.0 Å². The largest absolute Gasteiger partial charge is 0.360 e. The fourth-order valence-electron chi connectivity index (χ4n) is 5.78. The number of fused-ring (bicyclic) bond motifs is 4. The normalized spacial score (nSPS) is 14.5. The molecular formula is C35H22ClN5O2S. The van der Waals surface area contributed by atoms with Crippen LogP contribution < -0.4 is 15.9 Å². The van der Waals surface area contributed by atoms with Crippen LogP contribution >= 0.6 is 23.4 Å². The third-order valence-electron chi connectivity index (χ3n) is 7.83. The molecule has 212 valence electrons. The fourth-order valence-corrected chi connectivity index (χ4v) is 7.00. The zero-order chi connectivity index (χ0) is 29.9. The van der Waals surface area contributed by atoms with Crippen LogP contribution in [0.5, 0.6) is 0 Å². The molecule has 0 spiro atoms. The van der Waals surface area contributed by atoms with Crippen molar-refractivity contribution in [2.24, 2.45) is 5.10 Å². The summed E-state index contributed by atoms with van der Waals surface area (Å²) in [5, 5.41) is 13.2. The molecule has 0 saturated heterocycles. The van der Waals surface area contributed by atoms with Crippen LogP contribution in [0.4, 0.5) is 11.4 Å². The molecule has 3 heterocycles. The van der Waals surface area contributed by atoms with E-state index in [0.717, 1.165) is 42.7 Å². The van der Waals surface area contributed by atoms with Crippen molar-refractivity contribution in [2.45, 2.75) is 16.7 Å².